The van der Waals surface area contributed by atoms with Gasteiger partial charge in [0.25, 0.3) is 0 Å². The van der Waals surface area contributed by atoms with Crippen molar-refractivity contribution < 1.29 is 9.59 Å². The molecule has 2 aromatic rings. The topological polar surface area (TPSA) is 53.5 Å². The smallest absolute Gasteiger partial charge is 0.233 e. The number of rotatable bonds is 5. The first-order valence-electron chi connectivity index (χ1n) is 9.58. The Kier molecular flexibility index (Phi) is 6.26. The number of amides is 2. The lowest BCUT2D eigenvalue weighted by molar-refractivity contribution is -0.138. The van der Waals surface area contributed by atoms with Crippen LogP contribution in [0.25, 0.3) is 10.4 Å². The van der Waals surface area contributed by atoms with Gasteiger partial charge in [-0.1, -0.05) is 55.5 Å². The van der Waals surface area contributed by atoms with Gasteiger partial charge in [-0.25, -0.2) is 4.98 Å². The molecule has 5 nitrogen and oxygen atoms in total. The normalized spacial score (nSPS) is 18.2. The molecule has 1 aromatic heterocycles. The average Bonchev–Trinajstić information content (AvgIpc) is 3.22. The fourth-order valence-electron chi connectivity index (χ4n) is 3.39. The van der Waals surface area contributed by atoms with Gasteiger partial charge in [-0.2, -0.15) is 0 Å². The molecule has 2 heterocycles. The standard InChI is InChI=1S/C21H27N3O2S/c1-4-15(2)19(25)24-12-8-11-17(14-24)20(26)23(3)21-22-13-18(27-21)16-9-6-5-7-10-16/h5-7,9-10,13,15,17H,4,8,11-12,14H2,1-3H3/t15-,17-/m0/s1. The van der Waals surface area contributed by atoms with Crippen LogP contribution in [0.4, 0.5) is 5.13 Å². The highest BCUT2D eigenvalue weighted by Crippen LogP contribution is 2.32. The molecule has 1 saturated heterocycles. The summed E-state index contributed by atoms with van der Waals surface area (Å²) < 4.78 is 0. The van der Waals surface area contributed by atoms with E-state index in [2.05, 4.69) is 4.98 Å². The maximum Gasteiger partial charge on any atom is 0.233 e. The van der Waals surface area contributed by atoms with Crippen molar-refractivity contribution in [1.82, 2.24) is 9.88 Å². The summed E-state index contributed by atoms with van der Waals surface area (Å²) in [5.41, 5.74) is 1.10. The molecule has 1 aromatic carbocycles. The molecule has 1 aliphatic heterocycles. The predicted octanol–water partition coefficient (Wildman–Crippen LogP) is 4.06. The van der Waals surface area contributed by atoms with E-state index in [-0.39, 0.29) is 23.7 Å². The Bertz CT molecular complexity index is 790. The quantitative estimate of drug-likeness (QED) is 0.780. The van der Waals surface area contributed by atoms with Crippen LogP contribution in [-0.2, 0) is 9.59 Å². The number of benzene rings is 1. The van der Waals surface area contributed by atoms with Crippen LogP contribution < -0.4 is 4.90 Å². The van der Waals surface area contributed by atoms with Crippen molar-refractivity contribution >= 4 is 28.3 Å². The first kappa shape index (κ1) is 19.5. The number of carbonyl (C=O) groups is 2. The van der Waals surface area contributed by atoms with Crippen molar-refractivity contribution in [3.8, 4) is 10.4 Å². The van der Waals surface area contributed by atoms with Crippen molar-refractivity contribution in [3.63, 3.8) is 0 Å². The van der Waals surface area contributed by atoms with Gasteiger partial charge in [0.15, 0.2) is 5.13 Å². The minimum atomic E-state index is -0.152. The Labute approximate surface area is 165 Å². The fourth-order valence-corrected chi connectivity index (χ4v) is 4.28. The van der Waals surface area contributed by atoms with E-state index in [1.165, 1.54) is 11.3 Å². The molecule has 2 amide bonds. The minimum Gasteiger partial charge on any atom is -0.342 e. The third-order valence-corrected chi connectivity index (χ3v) is 6.41. The second-order valence-corrected chi connectivity index (χ2v) is 8.21. The second-order valence-electron chi connectivity index (χ2n) is 7.20. The zero-order valence-electron chi connectivity index (χ0n) is 16.2. The zero-order chi connectivity index (χ0) is 19.4. The van der Waals surface area contributed by atoms with Crippen LogP contribution in [0.1, 0.15) is 33.1 Å². The molecule has 2 atom stereocenters. The van der Waals surface area contributed by atoms with E-state index in [0.717, 1.165) is 36.2 Å². The zero-order valence-corrected chi connectivity index (χ0v) is 17.0. The number of likely N-dealkylation sites (tertiary alicyclic amines) is 1. The summed E-state index contributed by atoms with van der Waals surface area (Å²) in [5.74, 6) is 0.0775. The van der Waals surface area contributed by atoms with Crippen molar-refractivity contribution in [3.05, 3.63) is 36.5 Å². The summed E-state index contributed by atoms with van der Waals surface area (Å²) >= 11 is 1.52. The molecule has 27 heavy (non-hydrogen) atoms. The summed E-state index contributed by atoms with van der Waals surface area (Å²) in [6.07, 6.45) is 4.35. The van der Waals surface area contributed by atoms with Crippen LogP contribution in [0.15, 0.2) is 36.5 Å². The summed E-state index contributed by atoms with van der Waals surface area (Å²) in [6, 6.07) is 10.1. The molecule has 0 saturated carbocycles. The van der Waals surface area contributed by atoms with Gasteiger partial charge >= 0.3 is 0 Å². The number of nitrogens with zero attached hydrogens (tertiary/aromatic N) is 3. The van der Waals surface area contributed by atoms with Crippen LogP contribution in [0.5, 0.6) is 0 Å². The molecule has 0 spiro atoms. The van der Waals surface area contributed by atoms with Crippen LogP contribution in [-0.4, -0.2) is 41.8 Å². The Morgan fingerprint density at radius 3 is 2.78 bits per heavy atom. The van der Waals surface area contributed by atoms with Gasteiger partial charge in [0, 0.05) is 32.3 Å². The summed E-state index contributed by atoms with van der Waals surface area (Å²) in [6.45, 7) is 5.26. The van der Waals surface area contributed by atoms with Gasteiger partial charge in [-0.05, 0) is 24.8 Å². The number of carbonyl (C=O) groups excluding carboxylic acids is 2. The average molecular weight is 386 g/mol. The summed E-state index contributed by atoms with van der Waals surface area (Å²) in [4.78, 5) is 34.5. The highest BCUT2D eigenvalue weighted by Gasteiger charge is 2.32. The lowest BCUT2D eigenvalue weighted by Crippen LogP contribution is -2.47. The molecule has 0 N–H and O–H groups in total. The highest BCUT2D eigenvalue weighted by atomic mass is 32.1. The number of hydrogen-bond acceptors (Lipinski definition) is 4. The van der Waals surface area contributed by atoms with Crippen molar-refractivity contribution in [2.75, 3.05) is 25.0 Å². The van der Waals surface area contributed by atoms with E-state index in [0.29, 0.717) is 11.7 Å². The van der Waals surface area contributed by atoms with Crippen LogP contribution in [0.3, 0.4) is 0 Å². The van der Waals surface area contributed by atoms with E-state index in [1.807, 2.05) is 55.3 Å². The van der Waals surface area contributed by atoms with Gasteiger partial charge in [0.2, 0.25) is 11.8 Å². The van der Waals surface area contributed by atoms with Gasteiger partial charge in [0.1, 0.15) is 0 Å². The molecule has 0 unspecified atom stereocenters. The SMILES string of the molecule is CC[C@H](C)C(=O)N1CCC[C@H](C(=O)N(C)c2ncc(-c3ccccc3)s2)C1. The summed E-state index contributed by atoms with van der Waals surface area (Å²) in [5, 5.41) is 0.698. The van der Waals surface area contributed by atoms with E-state index in [4.69, 9.17) is 0 Å². The van der Waals surface area contributed by atoms with Gasteiger partial charge in [0.05, 0.1) is 10.8 Å². The lowest BCUT2D eigenvalue weighted by Gasteiger charge is -2.34. The minimum absolute atomic E-state index is 0.0176. The van der Waals surface area contributed by atoms with Crippen LogP contribution in [0.2, 0.25) is 0 Å². The maximum absolute atomic E-state index is 13.0. The van der Waals surface area contributed by atoms with Crippen molar-refractivity contribution in [2.45, 2.75) is 33.1 Å². The third-order valence-electron chi connectivity index (χ3n) is 5.29. The number of anilines is 1. The van der Waals surface area contributed by atoms with Crippen molar-refractivity contribution in [2.24, 2.45) is 11.8 Å². The fraction of sp³-hybridized carbons (Fsp3) is 0.476. The molecule has 6 heteroatoms. The lowest BCUT2D eigenvalue weighted by atomic mass is 9.95. The van der Waals surface area contributed by atoms with Crippen molar-refractivity contribution in [1.29, 1.82) is 0 Å². The molecular formula is C21H27N3O2S. The Balaban J connectivity index is 1.68. The third kappa shape index (κ3) is 4.38. The van der Waals surface area contributed by atoms with E-state index in [1.54, 1.807) is 11.9 Å². The largest absolute Gasteiger partial charge is 0.342 e. The first-order valence-corrected chi connectivity index (χ1v) is 10.4. The predicted molar refractivity (Wildman–Crippen MR) is 110 cm³/mol. The highest BCUT2D eigenvalue weighted by molar-refractivity contribution is 7.19. The molecule has 3 rings (SSSR count). The van der Waals surface area contributed by atoms with Gasteiger partial charge in [-0.15, -0.1) is 0 Å². The van der Waals surface area contributed by atoms with Gasteiger partial charge < -0.3 is 4.90 Å². The Morgan fingerprint density at radius 2 is 2.07 bits per heavy atom. The van der Waals surface area contributed by atoms with E-state index in [9.17, 15) is 9.59 Å². The molecule has 144 valence electrons. The molecular weight excluding hydrogens is 358 g/mol. The van der Waals surface area contributed by atoms with Crippen LogP contribution >= 0.6 is 11.3 Å². The van der Waals surface area contributed by atoms with E-state index < -0.39 is 0 Å². The summed E-state index contributed by atoms with van der Waals surface area (Å²) in [7, 11) is 1.78. The molecule has 0 aliphatic carbocycles. The Hall–Kier alpha value is -2.21. The molecule has 0 bridgehead atoms. The molecule has 1 fully saturated rings. The van der Waals surface area contributed by atoms with E-state index >= 15 is 0 Å². The number of piperidine rings is 1. The molecule has 0 radical (unpaired) electrons. The molecule has 1 aliphatic rings. The second kappa shape index (κ2) is 8.65. The monoisotopic (exact) mass is 385 g/mol. The first-order chi connectivity index (χ1) is 13.0. The van der Waals surface area contributed by atoms with Crippen LogP contribution in [0, 0.1) is 11.8 Å². The number of aromatic nitrogens is 1. The van der Waals surface area contributed by atoms with Gasteiger partial charge in [-0.3, -0.25) is 14.5 Å². The number of thiazole rings is 1. The Morgan fingerprint density at radius 1 is 1.33 bits per heavy atom. The maximum atomic E-state index is 13.0. The number of hydrogen-bond donors (Lipinski definition) is 0.